The van der Waals surface area contributed by atoms with Crippen molar-refractivity contribution in [3.05, 3.63) is 59.9 Å². The predicted molar refractivity (Wildman–Crippen MR) is 77.9 cm³/mol. The van der Waals surface area contributed by atoms with Crippen LogP contribution in [0.2, 0.25) is 0 Å². The van der Waals surface area contributed by atoms with Crippen molar-refractivity contribution in [1.29, 1.82) is 0 Å². The number of nitrogens with zero attached hydrogens (tertiary/aromatic N) is 2. The Labute approximate surface area is 130 Å². The Bertz CT molecular complexity index is 907. The Kier molecular flexibility index (Phi) is 3.60. The number of carbonyl (C=O) groups is 2. The fourth-order valence-electron chi connectivity index (χ4n) is 2.11. The third-order valence-electron chi connectivity index (χ3n) is 3.26. The third-order valence-corrected chi connectivity index (χ3v) is 3.26. The molecular formula is C16H9N3O4-2. The number of benzene rings is 2. The van der Waals surface area contributed by atoms with Crippen LogP contribution in [0.5, 0.6) is 0 Å². The van der Waals surface area contributed by atoms with Gasteiger partial charge in [0.05, 0.1) is 17.5 Å². The van der Waals surface area contributed by atoms with Gasteiger partial charge in [0.1, 0.15) is 12.1 Å². The standard InChI is InChI=1S/C16H11N3O4/c20-15(21)9-1-4-11(5-2-9)19-14-12-6-3-10(16(22)23)7-13(12)17-8-18-14/h1-8H,(H,20,21)(H,22,23)(H,17,18,19)/p-2. The van der Waals surface area contributed by atoms with Crippen LogP contribution >= 0.6 is 0 Å². The van der Waals surface area contributed by atoms with E-state index >= 15 is 0 Å². The van der Waals surface area contributed by atoms with Crippen LogP contribution in [0.4, 0.5) is 11.5 Å². The average molecular weight is 307 g/mol. The molecule has 7 heteroatoms. The second-order valence-electron chi connectivity index (χ2n) is 4.73. The van der Waals surface area contributed by atoms with E-state index in [2.05, 4.69) is 15.3 Å². The van der Waals surface area contributed by atoms with E-state index in [9.17, 15) is 19.8 Å². The van der Waals surface area contributed by atoms with Crippen LogP contribution in [0.25, 0.3) is 10.9 Å². The van der Waals surface area contributed by atoms with Crippen molar-refractivity contribution in [3.8, 4) is 0 Å². The number of fused-ring (bicyclic) bond motifs is 1. The van der Waals surface area contributed by atoms with Gasteiger partial charge >= 0.3 is 0 Å². The molecule has 0 saturated carbocycles. The van der Waals surface area contributed by atoms with Crippen LogP contribution < -0.4 is 15.5 Å². The van der Waals surface area contributed by atoms with E-state index in [4.69, 9.17) is 0 Å². The van der Waals surface area contributed by atoms with E-state index in [0.29, 0.717) is 22.4 Å². The average Bonchev–Trinajstić information content (AvgIpc) is 2.55. The van der Waals surface area contributed by atoms with Gasteiger partial charge in [0.2, 0.25) is 0 Å². The number of aromatic nitrogens is 2. The van der Waals surface area contributed by atoms with Crippen molar-refractivity contribution in [2.75, 3.05) is 5.32 Å². The van der Waals surface area contributed by atoms with Gasteiger partial charge in [0.15, 0.2) is 0 Å². The van der Waals surface area contributed by atoms with E-state index in [0.717, 1.165) is 0 Å². The first kappa shape index (κ1) is 14.5. The summed E-state index contributed by atoms with van der Waals surface area (Å²) in [7, 11) is 0. The molecule has 0 saturated heterocycles. The highest BCUT2D eigenvalue weighted by atomic mass is 16.4. The molecule has 0 aliphatic carbocycles. The van der Waals surface area contributed by atoms with Crippen molar-refractivity contribution in [2.24, 2.45) is 0 Å². The van der Waals surface area contributed by atoms with Crippen LogP contribution in [0.15, 0.2) is 48.8 Å². The molecule has 0 radical (unpaired) electrons. The highest BCUT2D eigenvalue weighted by molar-refractivity contribution is 5.96. The first-order valence-electron chi connectivity index (χ1n) is 6.59. The quantitative estimate of drug-likeness (QED) is 0.726. The number of aromatic carboxylic acids is 2. The fraction of sp³-hybridized carbons (Fsp3) is 0. The van der Waals surface area contributed by atoms with E-state index < -0.39 is 11.9 Å². The van der Waals surface area contributed by atoms with Gasteiger partial charge in [-0.05, 0) is 35.4 Å². The molecule has 3 rings (SSSR count). The molecule has 23 heavy (non-hydrogen) atoms. The van der Waals surface area contributed by atoms with Gasteiger partial charge in [-0.1, -0.05) is 18.2 Å². The number of hydrogen-bond acceptors (Lipinski definition) is 7. The van der Waals surface area contributed by atoms with Gasteiger partial charge < -0.3 is 25.1 Å². The molecule has 114 valence electrons. The molecule has 1 aromatic heterocycles. The molecule has 0 unspecified atom stereocenters. The van der Waals surface area contributed by atoms with E-state index in [-0.39, 0.29) is 11.1 Å². The first-order chi connectivity index (χ1) is 11.0. The smallest absolute Gasteiger partial charge is 0.141 e. The van der Waals surface area contributed by atoms with Crippen molar-refractivity contribution >= 4 is 34.3 Å². The van der Waals surface area contributed by atoms with Gasteiger partial charge in [0.25, 0.3) is 0 Å². The van der Waals surface area contributed by atoms with Gasteiger partial charge in [-0.3, -0.25) is 0 Å². The molecule has 0 spiro atoms. The maximum atomic E-state index is 10.9. The molecule has 0 amide bonds. The molecule has 1 heterocycles. The summed E-state index contributed by atoms with van der Waals surface area (Å²) in [6, 6.07) is 10.4. The summed E-state index contributed by atoms with van der Waals surface area (Å²) < 4.78 is 0. The second-order valence-corrected chi connectivity index (χ2v) is 4.73. The van der Waals surface area contributed by atoms with Crippen LogP contribution in [0, 0.1) is 0 Å². The minimum absolute atomic E-state index is 0.0282. The van der Waals surface area contributed by atoms with Gasteiger partial charge in [-0.2, -0.15) is 0 Å². The van der Waals surface area contributed by atoms with Crippen molar-refractivity contribution in [3.63, 3.8) is 0 Å². The third kappa shape index (κ3) is 2.93. The zero-order valence-corrected chi connectivity index (χ0v) is 11.6. The highest BCUT2D eigenvalue weighted by Gasteiger charge is 2.06. The maximum Gasteiger partial charge on any atom is 0.141 e. The monoisotopic (exact) mass is 307 g/mol. The summed E-state index contributed by atoms with van der Waals surface area (Å²) in [6.07, 6.45) is 1.30. The van der Waals surface area contributed by atoms with Crippen LogP contribution in [-0.2, 0) is 0 Å². The lowest BCUT2D eigenvalue weighted by atomic mass is 10.1. The number of hydrogen-bond donors (Lipinski definition) is 1. The van der Waals surface area contributed by atoms with Gasteiger partial charge in [0, 0.05) is 11.1 Å². The van der Waals surface area contributed by atoms with Gasteiger partial charge in [-0.15, -0.1) is 0 Å². The second kappa shape index (κ2) is 5.72. The van der Waals surface area contributed by atoms with Crippen LogP contribution in [0.3, 0.4) is 0 Å². The Morgan fingerprint density at radius 2 is 1.52 bits per heavy atom. The summed E-state index contributed by atoms with van der Waals surface area (Å²) in [4.78, 5) is 29.8. The lowest BCUT2D eigenvalue weighted by molar-refractivity contribution is -0.256. The first-order valence-corrected chi connectivity index (χ1v) is 6.59. The number of carboxylic acids is 2. The van der Waals surface area contributed by atoms with E-state index in [1.165, 1.54) is 30.6 Å². The number of anilines is 2. The molecule has 0 aliphatic heterocycles. The van der Waals surface area contributed by atoms with E-state index in [1.54, 1.807) is 18.2 Å². The summed E-state index contributed by atoms with van der Waals surface area (Å²) >= 11 is 0. The molecule has 1 N–H and O–H groups in total. The predicted octanol–water partition coefficient (Wildman–Crippen LogP) is 0.100. The summed E-state index contributed by atoms with van der Waals surface area (Å²) in [5.74, 6) is -2.06. The Morgan fingerprint density at radius 3 is 2.17 bits per heavy atom. The minimum atomic E-state index is -1.28. The van der Waals surface area contributed by atoms with Crippen molar-refractivity contribution in [1.82, 2.24) is 9.97 Å². The minimum Gasteiger partial charge on any atom is -0.545 e. The lowest BCUT2D eigenvalue weighted by Crippen LogP contribution is -2.22. The lowest BCUT2D eigenvalue weighted by Gasteiger charge is -2.10. The van der Waals surface area contributed by atoms with Gasteiger partial charge in [-0.25, -0.2) is 9.97 Å². The Morgan fingerprint density at radius 1 is 0.870 bits per heavy atom. The topological polar surface area (TPSA) is 118 Å². The molecule has 0 aliphatic rings. The normalized spacial score (nSPS) is 10.4. The summed E-state index contributed by atoms with van der Waals surface area (Å²) in [5.41, 5.74) is 1.18. The molecule has 0 atom stereocenters. The molecular weight excluding hydrogens is 298 g/mol. The molecule has 2 aromatic carbocycles. The fourth-order valence-corrected chi connectivity index (χ4v) is 2.11. The zero-order chi connectivity index (χ0) is 16.4. The largest absolute Gasteiger partial charge is 0.545 e. The Hall–Kier alpha value is -3.48. The number of rotatable bonds is 4. The van der Waals surface area contributed by atoms with Crippen molar-refractivity contribution in [2.45, 2.75) is 0 Å². The zero-order valence-electron chi connectivity index (χ0n) is 11.6. The molecule has 7 nitrogen and oxygen atoms in total. The summed E-state index contributed by atoms with van der Waals surface area (Å²) in [6.45, 7) is 0. The van der Waals surface area contributed by atoms with Crippen LogP contribution in [-0.4, -0.2) is 21.9 Å². The molecule has 0 fully saturated rings. The molecule has 3 aromatic rings. The highest BCUT2D eigenvalue weighted by Crippen LogP contribution is 2.23. The SMILES string of the molecule is O=C([O-])c1ccc(Nc2ncnc3cc(C(=O)[O-])ccc23)cc1. The maximum absolute atomic E-state index is 10.9. The number of carbonyl (C=O) groups excluding carboxylic acids is 2. The Balaban J connectivity index is 1.96. The number of nitrogens with one attached hydrogen (secondary N) is 1. The van der Waals surface area contributed by atoms with Crippen molar-refractivity contribution < 1.29 is 19.8 Å². The van der Waals surface area contributed by atoms with E-state index in [1.807, 2.05) is 0 Å². The number of carboxylic acid groups (broad SMARTS) is 2. The molecule has 0 bridgehead atoms. The van der Waals surface area contributed by atoms with Crippen LogP contribution in [0.1, 0.15) is 20.7 Å². The summed E-state index contributed by atoms with van der Waals surface area (Å²) in [5, 5.41) is 25.3.